The SMILES string of the molecule is Cc1cccc(C(=O)[C@H]2CCOC(C)(C)C2)c1. The molecule has 2 heteroatoms. The van der Waals surface area contributed by atoms with Crippen molar-refractivity contribution in [2.24, 2.45) is 5.92 Å². The molecule has 0 radical (unpaired) electrons. The normalized spacial score (nSPS) is 23.4. The molecule has 1 aliphatic heterocycles. The van der Waals surface area contributed by atoms with Crippen molar-refractivity contribution in [2.75, 3.05) is 6.61 Å². The zero-order chi connectivity index (χ0) is 12.5. The number of hydrogen-bond donors (Lipinski definition) is 0. The van der Waals surface area contributed by atoms with Crippen molar-refractivity contribution in [1.29, 1.82) is 0 Å². The highest BCUT2D eigenvalue weighted by molar-refractivity contribution is 5.98. The number of aryl methyl sites for hydroxylation is 1. The quantitative estimate of drug-likeness (QED) is 0.731. The van der Waals surface area contributed by atoms with Crippen molar-refractivity contribution in [2.45, 2.75) is 39.2 Å². The maximum absolute atomic E-state index is 12.4. The highest BCUT2D eigenvalue weighted by Crippen LogP contribution is 2.30. The summed E-state index contributed by atoms with van der Waals surface area (Å²) in [7, 11) is 0. The van der Waals surface area contributed by atoms with Gasteiger partial charge in [0.05, 0.1) is 5.60 Å². The van der Waals surface area contributed by atoms with Gasteiger partial charge in [-0.25, -0.2) is 0 Å². The summed E-state index contributed by atoms with van der Waals surface area (Å²) in [5.74, 6) is 0.380. The summed E-state index contributed by atoms with van der Waals surface area (Å²) < 4.78 is 5.65. The average molecular weight is 232 g/mol. The fraction of sp³-hybridized carbons (Fsp3) is 0.533. The van der Waals surface area contributed by atoms with Gasteiger partial charge in [0.1, 0.15) is 0 Å². The first kappa shape index (κ1) is 12.3. The second-order valence-corrected chi connectivity index (χ2v) is 5.53. The van der Waals surface area contributed by atoms with Gasteiger partial charge in [-0.1, -0.05) is 23.8 Å². The number of benzene rings is 1. The average Bonchev–Trinajstić information content (AvgIpc) is 2.26. The monoisotopic (exact) mass is 232 g/mol. The molecule has 17 heavy (non-hydrogen) atoms. The third-order valence-electron chi connectivity index (χ3n) is 3.37. The number of rotatable bonds is 2. The van der Waals surface area contributed by atoms with Crippen molar-refractivity contribution in [3.8, 4) is 0 Å². The first-order valence-electron chi connectivity index (χ1n) is 6.23. The lowest BCUT2D eigenvalue weighted by molar-refractivity contribution is -0.0664. The van der Waals surface area contributed by atoms with Crippen LogP contribution in [0.3, 0.4) is 0 Å². The van der Waals surface area contributed by atoms with Crippen LogP contribution in [0.1, 0.15) is 42.6 Å². The van der Waals surface area contributed by atoms with Gasteiger partial charge < -0.3 is 4.74 Å². The van der Waals surface area contributed by atoms with E-state index in [0.717, 1.165) is 24.0 Å². The van der Waals surface area contributed by atoms with Crippen LogP contribution in [0, 0.1) is 12.8 Å². The van der Waals surface area contributed by atoms with Crippen LogP contribution in [0.15, 0.2) is 24.3 Å². The molecule has 1 saturated heterocycles. The van der Waals surface area contributed by atoms with Gasteiger partial charge in [-0.3, -0.25) is 4.79 Å². The van der Waals surface area contributed by atoms with Gasteiger partial charge in [0.25, 0.3) is 0 Å². The molecule has 0 saturated carbocycles. The van der Waals surface area contributed by atoms with Crippen molar-refractivity contribution in [3.63, 3.8) is 0 Å². The number of carbonyl (C=O) groups excluding carboxylic acids is 1. The molecule has 92 valence electrons. The molecule has 0 bridgehead atoms. The molecule has 2 rings (SSSR count). The Bertz CT molecular complexity index is 421. The van der Waals surface area contributed by atoms with E-state index >= 15 is 0 Å². The summed E-state index contributed by atoms with van der Waals surface area (Å²) in [5.41, 5.74) is 1.82. The van der Waals surface area contributed by atoms with E-state index in [1.807, 2.05) is 31.2 Å². The third-order valence-corrected chi connectivity index (χ3v) is 3.37. The Kier molecular flexibility index (Phi) is 3.34. The lowest BCUT2D eigenvalue weighted by atomic mass is 9.83. The van der Waals surface area contributed by atoms with Gasteiger partial charge in [0, 0.05) is 18.1 Å². The van der Waals surface area contributed by atoms with Crippen LogP contribution in [0.25, 0.3) is 0 Å². The van der Waals surface area contributed by atoms with Gasteiger partial charge in [-0.2, -0.15) is 0 Å². The Morgan fingerprint density at radius 1 is 1.41 bits per heavy atom. The van der Waals surface area contributed by atoms with Crippen molar-refractivity contribution in [3.05, 3.63) is 35.4 Å². The van der Waals surface area contributed by atoms with Crippen molar-refractivity contribution < 1.29 is 9.53 Å². The first-order valence-corrected chi connectivity index (χ1v) is 6.23. The van der Waals surface area contributed by atoms with Gasteiger partial charge in [-0.15, -0.1) is 0 Å². The number of carbonyl (C=O) groups is 1. The molecule has 1 fully saturated rings. The van der Waals surface area contributed by atoms with E-state index in [0.29, 0.717) is 6.61 Å². The van der Waals surface area contributed by atoms with Crippen LogP contribution in [0.2, 0.25) is 0 Å². The largest absolute Gasteiger partial charge is 0.376 e. The molecule has 0 amide bonds. The summed E-state index contributed by atoms with van der Waals surface area (Å²) in [5, 5.41) is 0. The zero-order valence-electron chi connectivity index (χ0n) is 10.8. The Hall–Kier alpha value is -1.15. The lowest BCUT2D eigenvalue weighted by Gasteiger charge is -2.34. The third kappa shape index (κ3) is 2.95. The molecule has 1 heterocycles. The van der Waals surface area contributed by atoms with E-state index < -0.39 is 0 Å². The fourth-order valence-electron chi connectivity index (χ4n) is 2.49. The molecular formula is C15H20O2. The lowest BCUT2D eigenvalue weighted by Crippen LogP contribution is -2.37. The number of ether oxygens (including phenoxy) is 1. The van der Waals surface area contributed by atoms with Crippen LogP contribution in [0.5, 0.6) is 0 Å². The predicted octanol–water partition coefficient (Wildman–Crippen LogP) is 3.38. The predicted molar refractivity (Wildman–Crippen MR) is 68.3 cm³/mol. The minimum absolute atomic E-state index is 0.112. The zero-order valence-corrected chi connectivity index (χ0v) is 10.8. The van der Waals surface area contributed by atoms with E-state index in [2.05, 4.69) is 13.8 Å². The van der Waals surface area contributed by atoms with Crippen LogP contribution < -0.4 is 0 Å². The van der Waals surface area contributed by atoms with E-state index in [1.54, 1.807) is 0 Å². The molecule has 2 nitrogen and oxygen atoms in total. The minimum Gasteiger partial charge on any atom is -0.376 e. The van der Waals surface area contributed by atoms with Crippen LogP contribution >= 0.6 is 0 Å². The van der Waals surface area contributed by atoms with Gasteiger partial charge in [0.2, 0.25) is 0 Å². The summed E-state index contributed by atoms with van der Waals surface area (Å²) in [6.07, 6.45) is 1.66. The molecular weight excluding hydrogens is 212 g/mol. The second kappa shape index (κ2) is 4.61. The summed E-state index contributed by atoms with van der Waals surface area (Å²) in [6.45, 7) is 6.82. The molecule has 1 aromatic rings. The molecule has 1 aliphatic rings. The van der Waals surface area contributed by atoms with Gasteiger partial charge in [0.15, 0.2) is 5.78 Å². The van der Waals surface area contributed by atoms with Crippen LogP contribution in [-0.2, 0) is 4.74 Å². The highest BCUT2D eigenvalue weighted by Gasteiger charge is 2.33. The van der Waals surface area contributed by atoms with Crippen molar-refractivity contribution in [1.82, 2.24) is 0 Å². The smallest absolute Gasteiger partial charge is 0.166 e. The minimum atomic E-state index is -0.164. The molecule has 0 unspecified atom stereocenters. The Labute approximate surface area is 103 Å². The van der Waals surface area contributed by atoms with Gasteiger partial charge in [-0.05, 0) is 39.7 Å². The van der Waals surface area contributed by atoms with E-state index in [4.69, 9.17) is 4.74 Å². The first-order chi connectivity index (χ1) is 7.98. The van der Waals surface area contributed by atoms with Gasteiger partial charge >= 0.3 is 0 Å². The molecule has 0 aromatic heterocycles. The number of ketones is 1. The molecule has 0 spiro atoms. The van der Waals surface area contributed by atoms with Crippen LogP contribution in [-0.4, -0.2) is 18.0 Å². The van der Waals surface area contributed by atoms with E-state index in [1.165, 1.54) is 0 Å². The Morgan fingerprint density at radius 2 is 2.18 bits per heavy atom. The highest BCUT2D eigenvalue weighted by atomic mass is 16.5. The van der Waals surface area contributed by atoms with Crippen LogP contribution in [0.4, 0.5) is 0 Å². The maximum Gasteiger partial charge on any atom is 0.166 e. The second-order valence-electron chi connectivity index (χ2n) is 5.53. The standard InChI is InChI=1S/C15H20O2/c1-11-5-4-6-12(9-11)14(16)13-7-8-17-15(2,3)10-13/h4-6,9,13H,7-8,10H2,1-3H3/t13-/m0/s1. The number of Topliss-reactive ketones (excluding diaryl/α,β-unsaturated/α-hetero) is 1. The molecule has 1 atom stereocenters. The maximum atomic E-state index is 12.4. The molecule has 1 aromatic carbocycles. The number of hydrogen-bond acceptors (Lipinski definition) is 2. The van der Waals surface area contributed by atoms with E-state index in [9.17, 15) is 4.79 Å². The van der Waals surface area contributed by atoms with E-state index in [-0.39, 0.29) is 17.3 Å². The topological polar surface area (TPSA) is 26.3 Å². The Balaban J connectivity index is 2.15. The van der Waals surface area contributed by atoms with Crippen molar-refractivity contribution >= 4 is 5.78 Å². The molecule has 0 N–H and O–H groups in total. The Morgan fingerprint density at radius 3 is 2.82 bits per heavy atom. The summed E-state index contributed by atoms with van der Waals surface area (Å²) in [4.78, 5) is 12.4. The molecule has 0 aliphatic carbocycles. The summed E-state index contributed by atoms with van der Waals surface area (Å²) >= 11 is 0. The fourth-order valence-corrected chi connectivity index (χ4v) is 2.49. The summed E-state index contributed by atoms with van der Waals surface area (Å²) in [6, 6.07) is 7.86.